The first kappa shape index (κ1) is 19.6. The molecule has 2 heterocycles. The molecule has 1 aromatic carbocycles. The van der Waals surface area contributed by atoms with Crippen molar-refractivity contribution in [3.63, 3.8) is 0 Å². The van der Waals surface area contributed by atoms with Crippen LogP contribution in [-0.4, -0.2) is 26.1 Å². The van der Waals surface area contributed by atoms with Crippen LogP contribution >= 0.6 is 11.8 Å². The van der Waals surface area contributed by atoms with E-state index in [1.54, 1.807) is 17.0 Å². The van der Waals surface area contributed by atoms with Crippen molar-refractivity contribution < 1.29 is 4.79 Å². The Morgan fingerprint density at radius 3 is 2.69 bits per heavy atom. The molecule has 0 aliphatic heterocycles. The number of carbonyl (C=O) groups excluding carboxylic acids is 1. The smallest absolute Gasteiger partial charge is 0.293 e. The predicted molar refractivity (Wildman–Crippen MR) is 115 cm³/mol. The number of benzene rings is 1. The lowest BCUT2D eigenvalue weighted by Gasteiger charge is -2.22. The number of pyridine rings is 1. The molecule has 1 aliphatic rings. The van der Waals surface area contributed by atoms with Crippen molar-refractivity contribution in [1.82, 2.24) is 14.5 Å². The maximum Gasteiger partial charge on any atom is 0.349 e. The third kappa shape index (κ3) is 4.48. The number of rotatable bonds is 6. The van der Waals surface area contributed by atoms with Crippen LogP contribution < -0.4 is 5.69 Å². The van der Waals surface area contributed by atoms with Gasteiger partial charge in [0, 0.05) is 29.2 Å². The Labute approximate surface area is 174 Å². The maximum absolute atomic E-state index is 12.8. The highest BCUT2D eigenvalue weighted by molar-refractivity contribution is 8.00. The molecule has 148 valence electrons. The summed E-state index contributed by atoms with van der Waals surface area (Å²) in [6.45, 7) is 2.48. The molecule has 4 rings (SSSR count). The first-order valence-electron chi connectivity index (χ1n) is 9.86. The van der Waals surface area contributed by atoms with Crippen molar-refractivity contribution in [2.24, 2.45) is 0 Å². The molecule has 0 spiro atoms. The van der Waals surface area contributed by atoms with Crippen LogP contribution in [0.4, 0.5) is 0 Å². The average Bonchev–Trinajstić information content (AvgIpc) is 2.75. The van der Waals surface area contributed by atoms with E-state index in [4.69, 9.17) is 0 Å². The molecule has 1 aliphatic carbocycles. The fourth-order valence-electron chi connectivity index (χ4n) is 3.66. The molecule has 6 heteroatoms. The fraction of sp³-hybridized carbons (Fsp3) is 0.304. The van der Waals surface area contributed by atoms with E-state index >= 15 is 0 Å². The van der Waals surface area contributed by atoms with Crippen LogP contribution in [0.3, 0.4) is 0 Å². The summed E-state index contributed by atoms with van der Waals surface area (Å²) in [5.41, 5.74) is 4.75. The largest absolute Gasteiger partial charge is 0.349 e. The van der Waals surface area contributed by atoms with Crippen LogP contribution in [0.15, 0.2) is 58.6 Å². The molecule has 0 saturated heterocycles. The van der Waals surface area contributed by atoms with Crippen molar-refractivity contribution in [1.29, 1.82) is 0 Å². The van der Waals surface area contributed by atoms with Crippen molar-refractivity contribution in [2.45, 2.75) is 44.2 Å². The van der Waals surface area contributed by atoms with Gasteiger partial charge in [-0.15, -0.1) is 0 Å². The molecule has 2 aromatic heterocycles. The molecule has 0 fully saturated rings. The van der Waals surface area contributed by atoms with Gasteiger partial charge in [0.1, 0.15) is 5.03 Å². The van der Waals surface area contributed by atoms with Crippen LogP contribution in [0.25, 0.3) is 0 Å². The number of ketones is 1. The Morgan fingerprint density at radius 1 is 1.14 bits per heavy atom. The number of hydrogen-bond acceptors (Lipinski definition) is 5. The monoisotopic (exact) mass is 405 g/mol. The fourth-order valence-corrected chi connectivity index (χ4v) is 4.63. The third-order valence-electron chi connectivity index (χ3n) is 5.23. The van der Waals surface area contributed by atoms with Crippen molar-refractivity contribution in [3.8, 4) is 0 Å². The number of aryl methyl sites for hydroxylation is 1. The Kier molecular flexibility index (Phi) is 5.90. The second-order valence-electron chi connectivity index (χ2n) is 7.36. The summed E-state index contributed by atoms with van der Waals surface area (Å²) in [5.74, 6) is 0.343. The van der Waals surface area contributed by atoms with Gasteiger partial charge in [-0.3, -0.25) is 14.3 Å². The van der Waals surface area contributed by atoms with E-state index in [-0.39, 0.29) is 17.2 Å². The zero-order chi connectivity index (χ0) is 20.2. The van der Waals surface area contributed by atoms with Crippen molar-refractivity contribution in [3.05, 3.63) is 87.2 Å². The van der Waals surface area contributed by atoms with Crippen molar-refractivity contribution in [2.75, 3.05) is 5.75 Å². The average molecular weight is 406 g/mol. The van der Waals surface area contributed by atoms with Gasteiger partial charge >= 0.3 is 5.69 Å². The topological polar surface area (TPSA) is 64.8 Å². The standard InChI is InChI=1S/C23H23N3O2S/c1-16-8-10-18(11-9-16)21(27)15-29-22-19-6-2-3-7-20(19)26(23(28)25-22)14-17-5-4-12-24-13-17/h4-5,8-13H,2-3,6-7,14-15H2,1H3. The van der Waals surface area contributed by atoms with Gasteiger partial charge in [0.25, 0.3) is 0 Å². The van der Waals surface area contributed by atoms with Gasteiger partial charge in [-0.25, -0.2) is 4.79 Å². The van der Waals surface area contributed by atoms with Gasteiger partial charge in [0.15, 0.2) is 5.78 Å². The Balaban J connectivity index is 1.59. The molecule has 0 bridgehead atoms. The zero-order valence-corrected chi connectivity index (χ0v) is 17.2. The van der Waals surface area contributed by atoms with E-state index in [2.05, 4.69) is 9.97 Å². The lowest BCUT2D eigenvalue weighted by Crippen LogP contribution is -2.30. The molecule has 3 aromatic rings. The van der Waals surface area contributed by atoms with Crippen LogP contribution in [0, 0.1) is 6.92 Å². The highest BCUT2D eigenvalue weighted by Gasteiger charge is 2.21. The van der Waals surface area contributed by atoms with E-state index in [9.17, 15) is 9.59 Å². The maximum atomic E-state index is 12.8. The number of thioether (sulfide) groups is 1. The van der Waals surface area contributed by atoms with Crippen LogP contribution in [0.2, 0.25) is 0 Å². The number of aromatic nitrogens is 3. The van der Waals surface area contributed by atoms with E-state index in [1.807, 2.05) is 43.3 Å². The molecule has 0 atom stereocenters. The first-order valence-corrected chi connectivity index (χ1v) is 10.8. The van der Waals surface area contributed by atoms with Gasteiger partial charge in [-0.2, -0.15) is 4.98 Å². The van der Waals surface area contributed by atoms with Crippen LogP contribution in [0.1, 0.15) is 45.6 Å². The second kappa shape index (κ2) is 8.74. The molecule has 0 saturated carbocycles. The zero-order valence-electron chi connectivity index (χ0n) is 16.4. The van der Waals surface area contributed by atoms with Gasteiger partial charge in [-0.1, -0.05) is 47.7 Å². The van der Waals surface area contributed by atoms with Gasteiger partial charge < -0.3 is 0 Å². The van der Waals surface area contributed by atoms with Gasteiger partial charge in [0.05, 0.1) is 12.3 Å². The highest BCUT2D eigenvalue weighted by Crippen LogP contribution is 2.29. The SMILES string of the molecule is Cc1ccc(C(=O)CSc2nc(=O)n(Cc3cccnc3)c3c2CCCC3)cc1. The molecule has 5 nitrogen and oxygen atoms in total. The lowest BCUT2D eigenvalue weighted by atomic mass is 9.97. The molecular weight excluding hydrogens is 382 g/mol. The first-order chi connectivity index (χ1) is 14.1. The molecule has 0 unspecified atom stereocenters. The van der Waals surface area contributed by atoms with Crippen molar-refractivity contribution >= 4 is 17.5 Å². The Morgan fingerprint density at radius 2 is 1.93 bits per heavy atom. The minimum atomic E-state index is -0.250. The molecule has 0 N–H and O–H groups in total. The van der Waals surface area contributed by atoms with Gasteiger partial charge in [-0.05, 0) is 44.2 Å². The Bertz CT molecular complexity index is 1080. The summed E-state index contributed by atoms with van der Waals surface area (Å²) in [4.78, 5) is 33.9. The number of hydrogen-bond donors (Lipinski definition) is 0. The number of nitrogens with zero attached hydrogens (tertiary/aromatic N) is 3. The van der Waals surface area contributed by atoms with Crippen LogP contribution in [0.5, 0.6) is 0 Å². The summed E-state index contributed by atoms with van der Waals surface area (Å²) in [6, 6.07) is 11.4. The quantitative estimate of drug-likeness (QED) is 0.354. The summed E-state index contributed by atoms with van der Waals surface area (Å²) < 4.78 is 1.78. The summed E-state index contributed by atoms with van der Waals surface area (Å²) in [6.07, 6.45) is 7.42. The molecule has 29 heavy (non-hydrogen) atoms. The van der Waals surface area contributed by atoms with E-state index in [1.165, 1.54) is 11.8 Å². The number of carbonyl (C=O) groups is 1. The number of fused-ring (bicyclic) bond motifs is 1. The number of Topliss-reactive ketones (excluding diaryl/α,β-unsaturated/α-hetero) is 1. The van der Waals surface area contributed by atoms with E-state index in [0.29, 0.717) is 17.1 Å². The highest BCUT2D eigenvalue weighted by atomic mass is 32.2. The summed E-state index contributed by atoms with van der Waals surface area (Å²) in [5, 5.41) is 0.715. The second-order valence-corrected chi connectivity index (χ2v) is 8.32. The molecule has 0 radical (unpaired) electrons. The van der Waals surface area contributed by atoms with E-state index < -0.39 is 0 Å². The molecule has 0 amide bonds. The predicted octanol–water partition coefficient (Wildman–Crippen LogP) is 3.85. The lowest BCUT2D eigenvalue weighted by molar-refractivity contribution is 0.102. The Hall–Kier alpha value is -2.73. The van der Waals surface area contributed by atoms with Gasteiger partial charge in [0.2, 0.25) is 0 Å². The van der Waals surface area contributed by atoms with E-state index in [0.717, 1.165) is 48.1 Å². The molecular formula is C23H23N3O2S. The summed E-state index contributed by atoms with van der Waals surface area (Å²) in [7, 11) is 0. The minimum absolute atomic E-state index is 0.0564. The summed E-state index contributed by atoms with van der Waals surface area (Å²) >= 11 is 1.39. The third-order valence-corrected chi connectivity index (χ3v) is 6.25. The van der Waals surface area contributed by atoms with Crippen LogP contribution in [-0.2, 0) is 19.4 Å². The minimum Gasteiger partial charge on any atom is -0.293 e. The normalized spacial score (nSPS) is 13.1.